The minimum Gasteiger partial charge on any atom is -0.349 e. The smallest absolute Gasteiger partial charge is 0.259 e. The van der Waals surface area contributed by atoms with Gasteiger partial charge in [0, 0.05) is 17.3 Å². The van der Waals surface area contributed by atoms with Crippen molar-refractivity contribution >= 4 is 17.5 Å². The molecule has 1 heterocycles. The van der Waals surface area contributed by atoms with Crippen LogP contribution in [0.1, 0.15) is 51.7 Å². The summed E-state index contributed by atoms with van der Waals surface area (Å²) < 4.78 is 1.79. The van der Waals surface area contributed by atoms with Gasteiger partial charge in [0.25, 0.3) is 11.8 Å². The van der Waals surface area contributed by atoms with Gasteiger partial charge in [-0.25, -0.2) is 4.68 Å². The molecule has 0 saturated heterocycles. The van der Waals surface area contributed by atoms with Crippen LogP contribution in [0.25, 0.3) is 5.69 Å². The molecule has 1 aliphatic carbocycles. The van der Waals surface area contributed by atoms with E-state index in [0.717, 1.165) is 29.8 Å². The number of hydrogen-bond donors (Lipinski definition) is 2. The van der Waals surface area contributed by atoms with Crippen LogP contribution in [-0.2, 0) is 6.42 Å². The molecule has 0 aliphatic heterocycles. The van der Waals surface area contributed by atoms with Crippen molar-refractivity contribution in [3.8, 4) is 5.69 Å². The lowest BCUT2D eigenvalue weighted by Gasteiger charge is -2.12. The van der Waals surface area contributed by atoms with Gasteiger partial charge < -0.3 is 10.6 Å². The number of nitrogens with zero attached hydrogens (tertiary/aromatic N) is 2. The summed E-state index contributed by atoms with van der Waals surface area (Å²) in [6, 6.07) is 15.4. The topological polar surface area (TPSA) is 76.0 Å². The standard InChI is InChI=1S/C23H24N4O2/c1-3-21-19(14-24-27(21)18-7-5-4-6-8-18)23(29)26-20-13-16(10-9-15(20)2)22(28)25-17-11-12-17/h4-10,13-14,17H,3,11-12H2,1-2H3,(H,25,28)(H,26,29). The minimum atomic E-state index is -0.230. The van der Waals surface area contributed by atoms with E-state index in [4.69, 9.17) is 0 Å². The van der Waals surface area contributed by atoms with E-state index in [2.05, 4.69) is 15.7 Å². The summed E-state index contributed by atoms with van der Waals surface area (Å²) in [5.41, 5.74) is 4.37. The predicted octanol–water partition coefficient (Wildman–Crippen LogP) is 3.89. The Bertz CT molecular complexity index is 1050. The molecule has 0 atom stereocenters. The molecule has 1 aromatic heterocycles. The second-order valence-electron chi connectivity index (χ2n) is 7.34. The molecule has 1 saturated carbocycles. The van der Waals surface area contributed by atoms with Gasteiger partial charge in [0.15, 0.2) is 0 Å². The van der Waals surface area contributed by atoms with Crippen LogP contribution < -0.4 is 10.6 Å². The maximum Gasteiger partial charge on any atom is 0.259 e. The SMILES string of the molecule is CCc1c(C(=O)Nc2cc(C(=O)NC3CC3)ccc2C)cnn1-c1ccccc1. The van der Waals surface area contributed by atoms with Crippen LogP contribution in [0.15, 0.2) is 54.7 Å². The maximum atomic E-state index is 13.0. The van der Waals surface area contributed by atoms with Crippen molar-refractivity contribution in [3.63, 3.8) is 0 Å². The lowest BCUT2D eigenvalue weighted by molar-refractivity contribution is 0.0949. The van der Waals surface area contributed by atoms with E-state index in [1.807, 2.05) is 50.2 Å². The number of aromatic nitrogens is 2. The number of rotatable bonds is 6. The van der Waals surface area contributed by atoms with Crippen LogP contribution in [0.4, 0.5) is 5.69 Å². The van der Waals surface area contributed by atoms with E-state index < -0.39 is 0 Å². The molecule has 2 N–H and O–H groups in total. The number of nitrogens with one attached hydrogen (secondary N) is 2. The average molecular weight is 388 g/mol. The zero-order chi connectivity index (χ0) is 20.4. The summed E-state index contributed by atoms with van der Waals surface area (Å²) in [6.07, 6.45) is 4.33. The highest BCUT2D eigenvalue weighted by Gasteiger charge is 2.24. The highest BCUT2D eigenvalue weighted by molar-refractivity contribution is 6.06. The number of para-hydroxylation sites is 1. The number of anilines is 1. The molecule has 148 valence electrons. The maximum absolute atomic E-state index is 13.0. The Labute approximate surface area is 169 Å². The Morgan fingerprint density at radius 1 is 1.10 bits per heavy atom. The first-order valence-corrected chi connectivity index (χ1v) is 9.92. The lowest BCUT2D eigenvalue weighted by Crippen LogP contribution is -2.25. The van der Waals surface area contributed by atoms with Gasteiger partial charge in [-0.05, 0) is 56.0 Å². The Morgan fingerprint density at radius 2 is 1.86 bits per heavy atom. The zero-order valence-electron chi connectivity index (χ0n) is 16.6. The molecule has 2 aromatic carbocycles. The number of carbonyl (C=O) groups is 2. The number of carbonyl (C=O) groups excluding carboxylic acids is 2. The predicted molar refractivity (Wildman–Crippen MR) is 113 cm³/mol. The van der Waals surface area contributed by atoms with Crippen LogP contribution in [-0.4, -0.2) is 27.6 Å². The van der Waals surface area contributed by atoms with Gasteiger partial charge in [-0.15, -0.1) is 0 Å². The van der Waals surface area contributed by atoms with Crippen LogP contribution in [0.2, 0.25) is 0 Å². The molecular formula is C23H24N4O2. The quantitative estimate of drug-likeness (QED) is 0.673. The third-order valence-corrected chi connectivity index (χ3v) is 5.11. The van der Waals surface area contributed by atoms with Gasteiger partial charge in [0.2, 0.25) is 0 Å². The molecule has 4 rings (SSSR count). The molecule has 0 radical (unpaired) electrons. The van der Waals surface area contributed by atoms with E-state index in [-0.39, 0.29) is 17.9 Å². The third kappa shape index (κ3) is 4.06. The first-order valence-electron chi connectivity index (χ1n) is 9.92. The van der Waals surface area contributed by atoms with Gasteiger partial charge in [-0.2, -0.15) is 5.10 Å². The van der Waals surface area contributed by atoms with Crippen molar-refractivity contribution in [2.24, 2.45) is 0 Å². The molecule has 1 aliphatic rings. The van der Waals surface area contributed by atoms with Crippen molar-refractivity contribution in [1.82, 2.24) is 15.1 Å². The Kier molecular flexibility index (Phi) is 5.16. The summed E-state index contributed by atoms with van der Waals surface area (Å²) in [7, 11) is 0. The molecule has 0 bridgehead atoms. The summed E-state index contributed by atoms with van der Waals surface area (Å²) in [5, 5.41) is 10.4. The van der Waals surface area contributed by atoms with E-state index >= 15 is 0 Å². The van der Waals surface area contributed by atoms with Crippen molar-refractivity contribution in [1.29, 1.82) is 0 Å². The summed E-state index contributed by atoms with van der Waals surface area (Å²) in [4.78, 5) is 25.3. The Morgan fingerprint density at radius 3 is 2.55 bits per heavy atom. The normalized spacial score (nSPS) is 13.2. The summed E-state index contributed by atoms with van der Waals surface area (Å²) in [6.45, 7) is 3.91. The fourth-order valence-corrected chi connectivity index (χ4v) is 3.28. The molecular weight excluding hydrogens is 364 g/mol. The zero-order valence-corrected chi connectivity index (χ0v) is 16.6. The molecule has 2 amide bonds. The monoisotopic (exact) mass is 388 g/mol. The Hall–Kier alpha value is -3.41. The number of amides is 2. The van der Waals surface area contributed by atoms with Crippen molar-refractivity contribution in [2.45, 2.75) is 39.2 Å². The fraction of sp³-hybridized carbons (Fsp3) is 0.261. The Balaban J connectivity index is 1.58. The van der Waals surface area contributed by atoms with E-state index in [1.165, 1.54) is 0 Å². The minimum absolute atomic E-state index is 0.103. The molecule has 6 nitrogen and oxygen atoms in total. The van der Waals surface area contributed by atoms with Gasteiger partial charge in [-0.1, -0.05) is 31.2 Å². The molecule has 0 spiro atoms. The van der Waals surface area contributed by atoms with Gasteiger partial charge in [-0.3, -0.25) is 9.59 Å². The van der Waals surface area contributed by atoms with Crippen molar-refractivity contribution in [3.05, 3.63) is 77.1 Å². The highest BCUT2D eigenvalue weighted by atomic mass is 16.2. The van der Waals surface area contributed by atoms with Crippen molar-refractivity contribution in [2.75, 3.05) is 5.32 Å². The number of hydrogen-bond acceptors (Lipinski definition) is 3. The molecule has 6 heteroatoms. The first-order chi connectivity index (χ1) is 14.1. The third-order valence-electron chi connectivity index (χ3n) is 5.11. The van der Waals surface area contributed by atoms with E-state index in [1.54, 1.807) is 23.0 Å². The van der Waals surface area contributed by atoms with Crippen LogP contribution in [0.5, 0.6) is 0 Å². The molecule has 3 aromatic rings. The molecule has 1 fully saturated rings. The van der Waals surface area contributed by atoms with Gasteiger partial charge >= 0.3 is 0 Å². The van der Waals surface area contributed by atoms with Crippen LogP contribution >= 0.6 is 0 Å². The van der Waals surface area contributed by atoms with Gasteiger partial charge in [0.1, 0.15) is 0 Å². The van der Waals surface area contributed by atoms with Crippen molar-refractivity contribution < 1.29 is 9.59 Å². The summed E-state index contributed by atoms with van der Waals surface area (Å²) in [5.74, 6) is -0.332. The van der Waals surface area contributed by atoms with Crippen LogP contribution in [0.3, 0.4) is 0 Å². The van der Waals surface area contributed by atoms with Crippen LogP contribution in [0, 0.1) is 6.92 Å². The van der Waals surface area contributed by atoms with Gasteiger partial charge in [0.05, 0.1) is 23.1 Å². The van der Waals surface area contributed by atoms with E-state index in [0.29, 0.717) is 23.2 Å². The lowest BCUT2D eigenvalue weighted by atomic mass is 10.1. The van der Waals surface area contributed by atoms with E-state index in [9.17, 15) is 9.59 Å². The first kappa shape index (κ1) is 18.9. The summed E-state index contributed by atoms with van der Waals surface area (Å²) >= 11 is 0. The second kappa shape index (κ2) is 7.91. The molecule has 0 unspecified atom stereocenters. The molecule has 29 heavy (non-hydrogen) atoms. The fourth-order valence-electron chi connectivity index (χ4n) is 3.28. The second-order valence-corrected chi connectivity index (χ2v) is 7.34. The average Bonchev–Trinajstić information content (AvgIpc) is 3.44. The number of benzene rings is 2. The number of aryl methyl sites for hydroxylation is 1. The highest BCUT2D eigenvalue weighted by Crippen LogP contribution is 2.23. The largest absolute Gasteiger partial charge is 0.349 e.